The summed E-state index contributed by atoms with van der Waals surface area (Å²) in [5.41, 5.74) is 4.28. The summed E-state index contributed by atoms with van der Waals surface area (Å²) in [5, 5.41) is 8.86. The van der Waals surface area contributed by atoms with Crippen LogP contribution in [0.25, 0.3) is 11.1 Å². The maximum Gasteiger partial charge on any atom is 0.410 e. The van der Waals surface area contributed by atoms with Gasteiger partial charge < -0.3 is 14.7 Å². The third-order valence-electron chi connectivity index (χ3n) is 3.96. The maximum absolute atomic E-state index is 12.2. The minimum Gasteiger partial charge on any atom is -0.436 e. The van der Waals surface area contributed by atoms with Gasteiger partial charge in [0, 0.05) is 31.3 Å². The van der Waals surface area contributed by atoms with Gasteiger partial charge in [-0.1, -0.05) is 48.5 Å². The fourth-order valence-corrected chi connectivity index (χ4v) is 2.83. The Morgan fingerprint density at radius 3 is 2.18 bits per heavy atom. The van der Waals surface area contributed by atoms with Crippen molar-refractivity contribution < 1.29 is 14.6 Å². The van der Waals surface area contributed by atoms with Crippen LogP contribution in [0.3, 0.4) is 0 Å². The molecule has 0 saturated carbocycles. The highest BCUT2D eigenvalue weighted by Gasteiger charge is 2.31. The molecule has 0 fully saturated rings. The van der Waals surface area contributed by atoms with Crippen LogP contribution in [0.2, 0.25) is 0 Å². The first-order valence-electron chi connectivity index (χ1n) is 7.43. The standard InChI is InChI=1S/C18H19NO3/c1-19(11-6-12-20)18(21)22-17-15-9-4-2-7-13(15)14-8-3-5-10-16(14)17/h2-5,7-10,17,20H,6,11-12H2,1H3. The quantitative estimate of drug-likeness (QED) is 0.942. The van der Waals surface area contributed by atoms with Crippen molar-refractivity contribution in [3.8, 4) is 11.1 Å². The molecule has 0 radical (unpaired) electrons. The van der Waals surface area contributed by atoms with Crippen LogP contribution in [-0.2, 0) is 4.74 Å². The molecule has 0 bridgehead atoms. The summed E-state index contributed by atoms with van der Waals surface area (Å²) in [6.07, 6.45) is -0.190. The first-order chi connectivity index (χ1) is 10.7. The lowest BCUT2D eigenvalue weighted by Gasteiger charge is -2.21. The van der Waals surface area contributed by atoms with E-state index in [1.54, 1.807) is 7.05 Å². The number of hydrogen-bond donors (Lipinski definition) is 1. The molecule has 0 spiro atoms. The van der Waals surface area contributed by atoms with Crippen molar-refractivity contribution in [3.05, 3.63) is 59.7 Å². The molecule has 114 valence electrons. The first kappa shape index (κ1) is 14.6. The van der Waals surface area contributed by atoms with Crippen molar-refractivity contribution in [3.63, 3.8) is 0 Å². The van der Waals surface area contributed by atoms with Crippen molar-refractivity contribution in [2.24, 2.45) is 0 Å². The van der Waals surface area contributed by atoms with Gasteiger partial charge in [-0.15, -0.1) is 0 Å². The fraction of sp³-hybridized carbons (Fsp3) is 0.278. The van der Waals surface area contributed by atoms with E-state index in [9.17, 15) is 4.79 Å². The van der Waals surface area contributed by atoms with E-state index >= 15 is 0 Å². The third kappa shape index (κ3) is 2.57. The van der Waals surface area contributed by atoms with Crippen LogP contribution >= 0.6 is 0 Å². The predicted molar refractivity (Wildman–Crippen MR) is 84.5 cm³/mol. The van der Waals surface area contributed by atoms with E-state index in [1.807, 2.05) is 36.4 Å². The average Bonchev–Trinajstić information content (AvgIpc) is 2.87. The number of aliphatic hydroxyl groups excluding tert-OH is 1. The maximum atomic E-state index is 12.2. The lowest BCUT2D eigenvalue weighted by molar-refractivity contribution is 0.0844. The Morgan fingerprint density at radius 2 is 1.64 bits per heavy atom. The largest absolute Gasteiger partial charge is 0.436 e. The molecule has 0 aliphatic heterocycles. The molecule has 1 N–H and O–H groups in total. The van der Waals surface area contributed by atoms with Crippen LogP contribution in [0.1, 0.15) is 23.7 Å². The molecule has 4 nitrogen and oxygen atoms in total. The van der Waals surface area contributed by atoms with Crippen LogP contribution in [0.15, 0.2) is 48.5 Å². The van der Waals surface area contributed by atoms with Crippen molar-refractivity contribution in [1.29, 1.82) is 0 Å². The summed E-state index contributed by atoms with van der Waals surface area (Å²) in [6, 6.07) is 16.0. The van der Waals surface area contributed by atoms with Gasteiger partial charge in [-0.3, -0.25) is 0 Å². The molecule has 0 unspecified atom stereocenters. The number of hydrogen-bond acceptors (Lipinski definition) is 3. The Bertz CT molecular complexity index is 638. The number of aliphatic hydroxyl groups is 1. The monoisotopic (exact) mass is 297 g/mol. The number of rotatable bonds is 4. The summed E-state index contributed by atoms with van der Waals surface area (Å²) in [4.78, 5) is 13.7. The van der Waals surface area contributed by atoms with E-state index in [-0.39, 0.29) is 18.8 Å². The molecule has 2 aromatic carbocycles. The van der Waals surface area contributed by atoms with Gasteiger partial charge in [0.05, 0.1) is 0 Å². The van der Waals surface area contributed by atoms with Crippen molar-refractivity contribution in [2.75, 3.05) is 20.2 Å². The molecular weight excluding hydrogens is 278 g/mol. The Hall–Kier alpha value is -2.33. The van der Waals surface area contributed by atoms with Gasteiger partial charge in [0.2, 0.25) is 0 Å². The molecule has 0 aromatic heterocycles. The Kier molecular flexibility index (Phi) is 4.11. The van der Waals surface area contributed by atoms with E-state index in [0.717, 1.165) is 22.3 Å². The van der Waals surface area contributed by atoms with Gasteiger partial charge in [0.15, 0.2) is 6.10 Å². The Balaban J connectivity index is 1.86. The zero-order chi connectivity index (χ0) is 15.5. The summed E-state index contributed by atoms with van der Waals surface area (Å²) >= 11 is 0. The topological polar surface area (TPSA) is 49.8 Å². The second kappa shape index (κ2) is 6.20. The highest BCUT2D eigenvalue weighted by molar-refractivity contribution is 5.79. The van der Waals surface area contributed by atoms with Crippen molar-refractivity contribution in [1.82, 2.24) is 4.90 Å². The summed E-state index contributed by atoms with van der Waals surface area (Å²) in [6.45, 7) is 0.540. The number of carbonyl (C=O) groups is 1. The molecule has 1 aliphatic rings. The van der Waals surface area contributed by atoms with Crippen LogP contribution in [0, 0.1) is 0 Å². The second-order valence-electron chi connectivity index (χ2n) is 5.44. The van der Waals surface area contributed by atoms with Crippen LogP contribution in [0.4, 0.5) is 4.79 Å². The van der Waals surface area contributed by atoms with Crippen molar-refractivity contribution >= 4 is 6.09 Å². The van der Waals surface area contributed by atoms with Gasteiger partial charge in [0.1, 0.15) is 0 Å². The molecule has 0 atom stereocenters. The normalized spacial score (nSPS) is 12.6. The number of ether oxygens (including phenoxy) is 1. The third-order valence-corrected chi connectivity index (χ3v) is 3.96. The molecule has 22 heavy (non-hydrogen) atoms. The fourth-order valence-electron chi connectivity index (χ4n) is 2.83. The first-order valence-corrected chi connectivity index (χ1v) is 7.43. The van der Waals surface area contributed by atoms with E-state index < -0.39 is 0 Å². The Morgan fingerprint density at radius 1 is 1.09 bits per heavy atom. The van der Waals surface area contributed by atoms with E-state index in [0.29, 0.717) is 13.0 Å². The predicted octanol–water partition coefficient (Wildman–Crippen LogP) is 3.21. The SMILES string of the molecule is CN(CCCO)C(=O)OC1c2ccccc2-c2ccccc21. The minimum absolute atomic E-state index is 0.0622. The summed E-state index contributed by atoms with van der Waals surface area (Å²) in [7, 11) is 1.69. The highest BCUT2D eigenvalue weighted by atomic mass is 16.6. The number of amides is 1. The zero-order valence-corrected chi connectivity index (χ0v) is 12.5. The van der Waals surface area contributed by atoms with Crippen LogP contribution in [-0.4, -0.2) is 36.3 Å². The molecule has 0 saturated heterocycles. The van der Waals surface area contributed by atoms with Crippen LogP contribution in [0.5, 0.6) is 0 Å². The highest BCUT2D eigenvalue weighted by Crippen LogP contribution is 2.45. The molecule has 4 heteroatoms. The number of carbonyl (C=O) groups excluding carboxylic acids is 1. The summed E-state index contributed by atoms with van der Waals surface area (Å²) < 4.78 is 5.73. The zero-order valence-electron chi connectivity index (χ0n) is 12.5. The number of fused-ring (bicyclic) bond motifs is 3. The second-order valence-corrected chi connectivity index (χ2v) is 5.44. The Labute approximate surface area is 130 Å². The van der Waals surface area contributed by atoms with Gasteiger partial charge in [-0.25, -0.2) is 4.79 Å². The molecule has 3 rings (SSSR count). The molecule has 2 aromatic rings. The lowest BCUT2D eigenvalue weighted by atomic mass is 10.1. The van der Waals surface area contributed by atoms with E-state index in [2.05, 4.69) is 12.1 Å². The molecule has 1 amide bonds. The average molecular weight is 297 g/mol. The number of nitrogens with zero attached hydrogens (tertiary/aromatic N) is 1. The van der Waals surface area contributed by atoms with E-state index in [4.69, 9.17) is 9.84 Å². The van der Waals surface area contributed by atoms with Gasteiger partial charge in [-0.05, 0) is 17.5 Å². The summed E-state index contributed by atoms with van der Waals surface area (Å²) in [5.74, 6) is 0. The van der Waals surface area contributed by atoms with Gasteiger partial charge in [0.25, 0.3) is 0 Å². The molecule has 0 heterocycles. The van der Waals surface area contributed by atoms with E-state index in [1.165, 1.54) is 4.90 Å². The lowest BCUT2D eigenvalue weighted by Crippen LogP contribution is -2.30. The van der Waals surface area contributed by atoms with Crippen LogP contribution < -0.4 is 0 Å². The number of benzene rings is 2. The molecular formula is C18H19NO3. The van der Waals surface area contributed by atoms with Gasteiger partial charge in [-0.2, -0.15) is 0 Å². The smallest absolute Gasteiger partial charge is 0.410 e. The minimum atomic E-state index is -0.370. The van der Waals surface area contributed by atoms with Crippen molar-refractivity contribution in [2.45, 2.75) is 12.5 Å². The molecule has 1 aliphatic carbocycles. The van der Waals surface area contributed by atoms with Gasteiger partial charge >= 0.3 is 6.09 Å².